The van der Waals surface area contributed by atoms with Crippen LogP contribution in [-0.4, -0.2) is 98.8 Å². The van der Waals surface area contributed by atoms with Crippen LogP contribution in [0, 0.1) is 11.3 Å². The number of ether oxygens (including phenoxy) is 3. The van der Waals surface area contributed by atoms with Gasteiger partial charge in [-0.25, -0.2) is 4.79 Å². The van der Waals surface area contributed by atoms with E-state index in [9.17, 15) is 35.4 Å². The third-order valence-corrected chi connectivity index (χ3v) is 7.79. The highest BCUT2D eigenvalue weighted by molar-refractivity contribution is 5.78. The van der Waals surface area contributed by atoms with Gasteiger partial charge in [-0.05, 0) is 50.5 Å². The molecule has 0 amide bonds. The Kier molecular flexibility index (Phi) is 6.21. The Morgan fingerprint density at radius 1 is 1.19 bits per heavy atom. The molecule has 2 saturated carbocycles. The van der Waals surface area contributed by atoms with Crippen molar-refractivity contribution in [3.63, 3.8) is 0 Å². The molecule has 2 saturated heterocycles. The first-order chi connectivity index (χ1) is 14.6. The molecule has 10 heteroatoms. The van der Waals surface area contributed by atoms with E-state index in [4.69, 9.17) is 14.2 Å². The molecule has 4 aliphatic rings. The predicted molar refractivity (Wildman–Crippen MR) is 104 cm³/mol. The number of carboxylic acid groups (broad SMARTS) is 1. The van der Waals surface area contributed by atoms with E-state index in [2.05, 4.69) is 0 Å². The SMILES string of the molecule is C/C(COC1OC(CO)C(O)C(O)C1O)=C1/CCC23COC(C2)C(O)(C(=O)O)CCC13. The molecule has 1 spiro atoms. The van der Waals surface area contributed by atoms with Gasteiger partial charge < -0.3 is 44.8 Å². The predicted octanol–water partition coefficient (Wildman–Crippen LogP) is -1.09. The normalized spacial score (nSPS) is 48.9. The number of carboxylic acids is 1. The largest absolute Gasteiger partial charge is 0.479 e. The molecular weight excluding hydrogens is 412 g/mol. The number of allylic oxidation sites excluding steroid dienone is 1. The van der Waals surface area contributed by atoms with Crippen LogP contribution in [0.2, 0.25) is 0 Å². The molecule has 0 aromatic carbocycles. The number of carbonyl (C=O) groups is 1. The van der Waals surface area contributed by atoms with E-state index in [0.717, 1.165) is 24.0 Å². The van der Waals surface area contributed by atoms with Crippen molar-refractivity contribution in [1.82, 2.24) is 0 Å². The minimum atomic E-state index is -1.88. The Labute approximate surface area is 180 Å². The van der Waals surface area contributed by atoms with Crippen LogP contribution in [0.5, 0.6) is 0 Å². The highest BCUT2D eigenvalue weighted by Gasteiger charge is 2.60. The van der Waals surface area contributed by atoms with Gasteiger partial charge in [0, 0.05) is 5.41 Å². The molecule has 4 fully saturated rings. The molecule has 4 rings (SSSR count). The maximum absolute atomic E-state index is 11.7. The number of aliphatic carboxylic acids is 1. The summed E-state index contributed by atoms with van der Waals surface area (Å²) in [6.07, 6.45) is -4.53. The Bertz CT molecular complexity index is 738. The van der Waals surface area contributed by atoms with Gasteiger partial charge in [0.05, 0.1) is 25.9 Å². The average Bonchev–Trinajstić information content (AvgIpc) is 3.30. The zero-order valence-corrected chi connectivity index (χ0v) is 17.5. The van der Waals surface area contributed by atoms with E-state index in [0.29, 0.717) is 19.4 Å². The molecule has 176 valence electrons. The fourth-order valence-electron chi connectivity index (χ4n) is 5.85. The van der Waals surface area contributed by atoms with Gasteiger partial charge in [0.25, 0.3) is 0 Å². The maximum Gasteiger partial charge on any atom is 0.338 e. The monoisotopic (exact) mass is 444 g/mol. The van der Waals surface area contributed by atoms with Crippen LogP contribution in [0.4, 0.5) is 0 Å². The van der Waals surface area contributed by atoms with Crippen LogP contribution < -0.4 is 0 Å². The summed E-state index contributed by atoms with van der Waals surface area (Å²) in [5, 5.41) is 59.6. The number of aliphatic hydroxyl groups is 5. The number of aliphatic hydroxyl groups excluding tert-OH is 4. The molecule has 2 heterocycles. The van der Waals surface area contributed by atoms with Crippen molar-refractivity contribution in [3.8, 4) is 0 Å². The molecule has 2 aliphatic carbocycles. The van der Waals surface area contributed by atoms with E-state index < -0.39 is 55.0 Å². The fraction of sp³-hybridized carbons (Fsp3) is 0.857. The molecule has 31 heavy (non-hydrogen) atoms. The minimum absolute atomic E-state index is 0.0734. The van der Waals surface area contributed by atoms with E-state index in [-0.39, 0.29) is 24.4 Å². The molecule has 0 aromatic heterocycles. The lowest BCUT2D eigenvalue weighted by molar-refractivity contribution is -0.299. The molecule has 2 aliphatic heterocycles. The van der Waals surface area contributed by atoms with Gasteiger partial charge in [-0.3, -0.25) is 0 Å². The first-order valence-electron chi connectivity index (χ1n) is 10.8. The molecular formula is C21H32O10. The molecule has 9 atom stereocenters. The second-order valence-electron chi connectivity index (χ2n) is 9.50. The first kappa shape index (κ1) is 23.1. The Balaban J connectivity index is 1.48. The van der Waals surface area contributed by atoms with Crippen molar-refractivity contribution in [3.05, 3.63) is 11.1 Å². The lowest BCUT2D eigenvalue weighted by Crippen LogP contribution is -2.59. The molecule has 10 nitrogen and oxygen atoms in total. The molecule has 9 unspecified atom stereocenters. The molecule has 2 bridgehead atoms. The van der Waals surface area contributed by atoms with Gasteiger partial charge in [0.2, 0.25) is 0 Å². The summed E-state index contributed by atoms with van der Waals surface area (Å²) in [5.74, 6) is -1.17. The zero-order valence-electron chi connectivity index (χ0n) is 17.5. The van der Waals surface area contributed by atoms with Crippen molar-refractivity contribution < 1.29 is 49.6 Å². The van der Waals surface area contributed by atoms with Gasteiger partial charge in [0.15, 0.2) is 11.9 Å². The van der Waals surface area contributed by atoms with Gasteiger partial charge in [0.1, 0.15) is 24.4 Å². The van der Waals surface area contributed by atoms with E-state index >= 15 is 0 Å². The lowest BCUT2D eigenvalue weighted by atomic mass is 9.74. The molecule has 0 aromatic rings. The second kappa shape index (κ2) is 8.35. The van der Waals surface area contributed by atoms with Gasteiger partial charge in [-0.15, -0.1) is 0 Å². The minimum Gasteiger partial charge on any atom is -0.479 e. The van der Waals surface area contributed by atoms with Crippen molar-refractivity contribution >= 4 is 5.97 Å². The van der Waals surface area contributed by atoms with Crippen LogP contribution in [0.25, 0.3) is 0 Å². The first-order valence-corrected chi connectivity index (χ1v) is 10.8. The third-order valence-electron chi connectivity index (χ3n) is 7.79. The van der Waals surface area contributed by atoms with Crippen molar-refractivity contribution in [2.24, 2.45) is 11.3 Å². The van der Waals surface area contributed by atoms with Gasteiger partial charge in [-0.1, -0.05) is 5.57 Å². The zero-order chi connectivity index (χ0) is 22.6. The highest BCUT2D eigenvalue weighted by Crippen LogP contribution is 2.59. The molecule has 6 N–H and O–H groups in total. The van der Waals surface area contributed by atoms with Crippen LogP contribution in [0.15, 0.2) is 11.1 Å². The number of rotatable bonds is 5. The Morgan fingerprint density at radius 2 is 1.94 bits per heavy atom. The summed E-state index contributed by atoms with van der Waals surface area (Å²) in [7, 11) is 0. The average molecular weight is 444 g/mol. The van der Waals surface area contributed by atoms with Crippen LogP contribution >= 0.6 is 0 Å². The van der Waals surface area contributed by atoms with Crippen molar-refractivity contribution in [2.75, 3.05) is 19.8 Å². The Morgan fingerprint density at radius 3 is 2.61 bits per heavy atom. The fourth-order valence-corrected chi connectivity index (χ4v) is 5.85. The summed E-state index contributed by atoms with van der Waals surface area (Å²) >= 11 is 0. The standard InChI is InChI=1S/C21H32O10/c1-10(8-29-18-17(25)16(24)15(23)13(7-22)31-18)11-2-4-20-6-14(30-9-20)21(28,19(26)27)5-3-12(11)20/h12-18,22-25,28H,2-9H2,1H3,(H,26,27)/b11-10+. The number of fused-ring (bicyclic) bond motifs is 1. The van der Waals surface area contributed by atoms with E-state index in [1.165, 1.54) is 0 Å². The van der Waals surface area contributed by atoms with Crippen LogP contribution in [0.1, 0.15) is 39.0 Å². The summed E-state index contributed by atoms with van der Waals surface area (Å²) in [5.41, 5.74) is -0.00386. The smallest absolute Gasteiger partial charge is 0.338 e. The van der Waals surface area contributed by atoms with Gasteiger partial charge in [-0.2, -0.15) is 0 Å². The second-order valence-corrected chi connectivity index (χ2v) is 9.50. The van der Waals surface area contributed by atoms with Gasteiger partial charge >= 0.3 is 5.97 Å². The van der Waals surface area contributed by atoms with Crippen LogP contribution in [-0.2, 0) is 19.0 Å². The lowest BCUT2D eigenvalue weighted by Gasteiger charge is -2.39. The maximum atomic E-state index is 11.7. The summed E-state index contributed by atoms with van der Waals surface area (Å²) in [4.78, 5) is 11.7. The topological polar surface area (TPSA) is 166 Å². The van der Waals surface area contributed by atoms with E-state index in [1.807, 2.05) is 6.92 Å². The van der Waals surface area contributed by atoms with E-state index in [1.54, 1.807) is 0 Å². The summed E-state index contributed by atoms with van der Waals surface area (Å²) < 4.78 is 16.9. The summed E-state index contributed by atoms with van der Waals surface area (Å²) in [6, 6.07) is 0. The quantitative estimate of drug-likeness (QED) is 0.287. The molecule has 0 radical (unpaired) electrons. The van der Waals surface area contributed by atoms with Crippen LogP contribution in [0.3, 0.4) is 0 Å². The van der Waals surface area contributed by atoms with Crippen molar-refractivity contribution in [1.29, 1.82) is 0 Å². The number of hydrogen-bond donors (Lipinski definition) is 6. The van der Waals surface area contributed by atoms with Crippen molar-refractivity contribution in [2.45, 2.75) is 81.4 Å². The number of hydrogen-bond acceptors (Lipinski definition) is 9. The summed E-state index contributed by atoms with van der Waals surface area (Å²) in [6.45, 7) is 1.91. The highest BCUT2D eigenvalue weighted by atomic mass is 16.7. The third kappa shape index (κ3) is 3.72. The Hall–Kier alpha value is -1.11.